The van der Waals surface area contributed by atoms with Gasteiger partial charge in [-0.05, 0) is 12.1 Å². The molecule has 0 aliphatic carbocycles. The maximum Gasteiger partial charge on any atom is 0.275 e. The summed E-state index contributed by atoms with van der Waals surface area (Å²) in [6.45, 7) is -0.362. The van der Waals surface area contributed by atoms with Crippen LogP contribution in [0.2, 0.25) is 0 Å². The lowest BCUT2D eigenvalue weighted by molar-refractivity contribution is -0.385. The average Bonchev–Trinajstić information content (AvgIpc) is 2.27. The van der Waals surface area contributed by atoms with Gasteiger partial charge in [0, 0.05) is 17.6 Å². The zero-order valence-electron chi connectivity index (χ0n) is 7.75. The van der Waals surface area contributed by atoms with Gasteiger partial charge in [-0.15, -0.1) is 0 Å². The summed E-state index contributed by atoms with van der Waals surface area (Å²) in [4.78, 5) is 14.3. The molecule has 2 rings (SSSR count). The van der Waals surface area contributed by atoms with Gasteiger partial charge in [0.25, 0.3) is 5.69 Å². The Morgan fingerprint density at radius 3 is 2.87 bits per heavy atom. The standard InChI is InChI=1S/C10H8N2O3/c13-6-8-7-2-1-5-11-9(7)3-4-10(8)12(14)15/h1-5,13H,6H2. The highest BCUT2D eigenvalue weighted by molar-refractivity contribution is 5.85. The van der Waals surface area contributed by atoms with Crippen molar-refractivity contribution < 1.29 is 10.0 Å². The van der Waals surface area contributed by atoms with Crippen LogP contribution in [0.3, 0.4) is 0 Å². The Bertz CT molecular complexity index is 525. The average molecular weight is 204 g/mol. The van der Waals surface area contributed by atoms with Gasteiger partial charge in [0.2, 0.25) is 0 Å². The van der Waals surface area contributed by atoms with E-state index in [-0.39, 0.29) is 12.3 Å². The number of benzene rings is 1. The van der Waals surface area contributed by atoms with Crippen molar-refractivity contribution in [1.82, 2.24) is 4.98 Å². The first kappa shape index (κ1) is 9.54. The molecule has 1 N–H and O–H groups in total. The summed E-state index contributed by atoms with van der Waals surface area (Å²) in [5.74, 6) is 0. The third-order valence-electron chi connectivity index (χ3n) is 2.23. The Morgan fingerprint density at radius 1 is 1.40 bits per heavy atom. The SMILES string of the molecule is O=[N+]([O-])c1ccc2ncccc2c1CO. The van der Waals surface area contributed by atoms with Crippen LogP contribution in [0.1, 0.15) is 5.56 Å². The van der Waals surface area contributed by atoms with E-state index >= 15 is 0 Å². The van der Waals surface area contributed by atoms with Crippen LogP contribution >= 0.6 is 0 Å². The second-order valence-electron chi connectivity index (χ2n) is 3.05. The molecule has 0 atom stereocenters. The number of fused-ring (bicyclic) bond motifs is 1. The van der Waals surface area contributed by atoms with E-state index in [0.29, 0.717) is 16.5 Å². The van der Waals surface area contributed by atoms with Crippen molar-refractivity contribution in [2.24, 2.45) is 0 Å². The van der Waals surface area contributed by atoms with E-state index in [1.54, 1.807) is 24.4 Å². The third kappa shape index (κ3) is 1.53. The van der Waals surface area contributed by atoms with Crippen LogP contribution in [-0.4, -0.2) is 15.0 Å². The van der Waals surface area contributed by atoms with Crippen LogP contribution in [0.25, 0.3) is 10.9 Å². The summed E-state index contributed by atoms with van der Waals surface area (Å²) in [6, 6.07) is 6.33. The number of hydrogen-bond donors (Lipinski definition) is 1. The molecule has 0 aliphatic heterocycles. The third-order valence-corrected chi connectivity index (χ3v) is 2.23. The summed E-state index contributed by atoms with van der Waals surface area (Å²) >= 11 is 0. The largest absolute Gasteiger partial charge is 0.391 e. The molecule has 15 heavy (non-hydrogen) atoms. The molecule has 5 nitrogen and oxygen atoms in total. The van der Waals surface area contributed by atoms with Gasteiger partial charge in [-0.25, -0.2) is 0 Å². The molecule has 5 heteroatoms. The lowest BCUT2D eigenvalue weighted by Gasteiger charge is -2.03. The Labute approximate surface area is 85.1 Å². The number of nitro benzene ring substituents is 1. The van der Waals surface area contributed by atoms with E-state index in [9.17, 15) is 10.1 Å². The molecular weight excluding hydrogens is 196 g/mol. The molecule has 0 radical (unpaired) electrons. The van der Waals surface area contributed by atoms with Gasteiger partial charge in [-0.3, -0.25) is 15.1 Å². The first-order chi connectivity index (χ1) is 7.24. The fourth-order valence-corrected chi connectivity index (χ4v) is 1.54. The zero-order valence-corrected chi connectivity index (χ0v) is 7.75. The number of nitrogens with zero attached hydrogens (tertiary/aromatic N) is 2. The van der Waals surface area contributed by atoms with Crippen molar-refractivity contribution in [3.05, 3.63) is 46.1 Å². The maximum atomic E-state index is 10.7. The molecule has 0 aliphatic rings. The minimum Gasteiger partial charge on any atom is -0.391 e. The molecule has 0 saturated carbocycles. The second kappa shape index (κ2) is 3.62. The number of pyridine rings is 1. The Kier molecular flexibility index (Phi) is 2.31. The molecule has 76 valence electrons. The summed E-state index contributed by atoms with van der Waals surface area (Å²) in [7, 11) is 0. The molecular formula is C10H8N2O3. The van der Waals surface area contributed by atoms with Gasteiger partial charge in [-0.2, -0.15) is 0 Å². The van der Waals surface area contributed by atoms with E-state index in [1.807, 2.05) is 0 Å². The smallest absolute Gasteiger partial charge is 0.275 e. The van der Waals surface area contributed by atoms with Gasteiger partial charge in [0.1, 0.15) is 0 Å². The minimum absolute atomic E-state index is 0.0713. The number of aromatic nitrogens is 1. The quantitative estimate of drug-likeness (QED) is 0.595. The first-order valence-electron chi connectivity index (χ1n) is 4.36. The van der Waals surface area contributed by atoms with Gasteiger partial charge in [0.15, 0.2) is 0 Å². The van der Waals surface area contributed by atoms with Crippen molar-refractivity contribution in [1.29, 1.82) is 0 Å². The number of aliphatic hydroxyl groups is 1. The van der Waals surface area contributed by atoms with E-state index < -0.39 is 4.92 Å². The minimum atomic E-state index is -0.502. The van der Waals surface area contributed by atoms with Gasteiger partial charge < -0.3 is 5.11 Å². The number of aliphatic hydroxyl groups excluding tert-OH is 1. The molecule has 1 heterocycles. The summed E-state index contributed by atoms with van der Waals surface area (Å²) in [5, 5.41) is 20.5. The van der Waals surface area contributed by atoms with Gasteiger partial charge in [0.05, 0.1) is 22.6 Å². The Morgan fingerprint density at radius 2 is 2.20 bits per heavy atom. The van der Waals surface area contributed by atoms with Gasteiger partial charge in [-0.1, -0.05) is 6.07 Å². The number of nitro groups is 1. The molecule has 1 aromatic carbocycles. The molecule has 0 fully saturated rings. The zero-order chi connectivity index (χ0) is 10.8. The highest BCUT2D eigenvalue weighted by atomic mass is 16.6. The van der Waals surface area contributed by atoms with Crippen LogP contribution in [0, 0.1) is 10.1 Å². The summed E-state index contributed by atoms with van der Waals surface area (Å²) in [5.41, 5.74) is 0.885. The lowest BCUT2D eigenvalue weighted by atomic mass is 10.1. The highest BCUT2D eigenvalue weighted by Crippen LogP contribution is 2.26. The van der Waals surface area contributed by atoms with Crippen LogP contribution in [-0.2, 0) is 6.61 Å². The Hall–Kier alpha value is -2.01. The monoisotopic (exact) mass is 204 g/mol. The predicted molar refractivity (Wildman–Crippen MR) is 54.3 cm³/mol. The topological polar surface area (TPSA) is 76.3 Å². The van der Waals surface area contributed by atoms with Crippen molar-refractivity contribution in [2.75, 3.05) is 0 Å². The predicted octanol–water partition coefficient (Wildman–Crippen LogP) is 1.64. The molecule has 2 aromatic rings. The molecule has 0 saturated heterocycles. The summed E-state index contributed by atoms with van der Waals surface area (Å²) in [6.07, 6.45) is 1.61. The Balaban J connectivity index is 2.81. The molecule has 0 spiro atoms. The second-order valence-corrected chi connectivity index (χ2v) is 3.05. The van der Waals surface area contributed by atoms with Crippen LogP contribution in [0.4, 0.5) is 5.69 Å². The van der Waals surface area contributed by atoms with Crippen LogP contribution < -0.4 is 0 Å². The fraction of sp³-hybridized carbons (Fsp3) is 0.100. The van der Waals surface area contributed by atoms with E-state index in [0.717, 1.165) is 0 Å². The van der Waals surface area contributed by atoms with Crippen molar-refractivity contribution >= 4 is 16.6 Å². The van der Waals surface area contributed by atoms with Crippen LogP contribution in [0.15, 0.2) is 30.5 Å². The lowest BCUT2D eigenvalue weighted by Crippen LogP contribution is -1.96. The van der Waals surface area contributed by atoms with E-state index in [4.69, 9.17) is 5.11 Å². The van der Waals surface area contributed by atoms with Crippen molar-refractivity contribution in [3.8, 4) is 0 Å². The molecule has 0 amide bonds. The first-order valence-corrected chi connectivity index (χ1v) is 4.36. The van der Waals surface area contributed by atoms with Crippen molar-refractivity contribution in [2.45, 2.75) is 6.61 Å². The maximum absolute atomic E-state index is 10.7. The van der Waals surface area contributed by atoms with Crippen molar-refractivity contribution in [3.63, 3.8) is 0 Å². The highest BCUT2D eigenvalue weighted by Gasteiger charge is 2.15. The van der Waals surface area contributed by atoms with E-state index in [1.165, 1.54) is 6.07 Å². The van der Waals surface area contributed by atoms with Crippen LogP contribution in [0.5, 0.6) is 0 Å². The normalized spacial score (nSPS) is 10.5. The molecule has 0 bridgehead atoms. The number of rotatable bonds is 2. The van der Waals surface area contributed by atoms with E-state index in [2.05, 4.69) is 4.98 Å². The molecule has 0 unspecified atom stereocenters. The molecule has 1 aromatic heterocycles. The number of hydrogen-bond acceptors (Lipinski definition) is 4. The van der Waals surface area contributed by atoms with Gasteiger partial charge >= 0.3 is 0 Å². The summed E-state index contributed by atoms with van der Waals surface area (Å²) < 4.78 is 0. The fourth-order valence-electron chi connectivity index (χ4n) is 1.54.